The Morgan fingerprint density at radius 1 is 0.612 bits per heavy atom. The van der Waals surface area contributed by atoms with Gasteiger partial charge in [0, 0.05) is 56.1 Å². The normalized spacial score (nSPS) is 17.6. The van der Waals surface area contributed by atoms with Crippen LogP contribution >= 0.6 is 0 Å². The summed E-state index contributed by atoms with van der Waals surface area (Å²) < 4.78 is 4.81. The van der Waals surface area contributed by atoms with Crippen LogP contribution in [-0.2, 0) is 6.54 Å². The molecule has 2 aliphatic rings. The zero-order valence-electron chi connectivity index (χ0n) is 26.9. The van der Waals surface area contributed by atoms with E-state index in [2.05, 4.69) is 155 Å². The van der Waals surface area contributed by atoms with Gasteiger partial charge in [0.05, 0.1) is 29.3 Å². The molecule has 9 rings (SSSR count). The number of aromatic nitrogens is 2. The van der Waals surface area contributed by atoms with Gasteiger partial charge in [-0.2, -0.15) is 10.5 Å². The predicted octanol–water partition coefficient (Wildman–Crippen LogP) is 10.8. The molecular formula is C45H32N4. The van der Waals surface area contributed by atoms with Crippen molar-refractivity contribution in [2.24, 2.45) is 0 Å². The fourth-order valence-electron chi connectivity index (χ4n) is 8.21. The first-order valence-electron chi connectivity index (χ1n) is 16.9. The molecule has 0 radical (unpaired) electrons. The van der Waals surface area contributed by atoms with Gasteiger partial charge in [0.25, 0.3) is 0 Å². The highest BCUT2D eigenvalue weighted by molar-refractivity contribution is 6.09. The molecule has 2 atom stereocenters. The van der Waals surface area contributed by atoms with E-state index in [1.54, 1.807) is 0 Å². The van der Waals surface area contributed by atoms with Crippen molar-refractivity contribution in [1.82, 2.24) is 9.13 Å². The molecule has 2 aliphatic carbocycles. The number of nitrogens with zero attached hydrogens (tertiary/aromatic N) is 4. The highest BCUT2D eigenvalue weighted by Gasteiger charge is 2.26. The largest absolute Gasteiger partial charge is 0.336 e. The van der Waals surface area contributed by atoms with E-state index < -0.39 is 0 Å². The minimum absolute atomic E-state index is 0.0320. The lowest BCUT2D eigenvalue weighted by molar-refractivity contribution is 0.645. The van der Waals surface area contributed by atoms with E-state index in [-0.39, 0.29) is 12.0 Å². The highest BCUT2D eigenvalue weighted by atomic mass is 15.0. The van der Waals surface area contributed by atoms with Crippen LogP contribution in [0.15, 0.2) is 162 Å². The number of nitriles is 2. The van der Waals surface area contributed by atoms with Crippen LogP contribution in [-0.4, -0.2) is 9.13 Å². The molecule has 0 bridgehead atoms. The summed E-state index contributed by atoms with van der Waals surface area (Å²) in [5.41, 5.74) is 10.4. The van der Waals surface area contributed by atoms with Gasteiger partial charge in [-0.3, -0.25) is 0 Å². The molecule has 0 N–H and O–H groups in total. The summed E-state index contributed by atoms with van der Waals surface area (Å²) in [5, 5.41) is 25.6. The molecule has 0 spiro atoms. The Morgan fingerprint density at radius 3 is 1.78 bits per heavy atom. The van der Waals surface area contributed by atoms with E-state index in [9.17, 15) is 10.5 Å². The van der Waals surface area contributed by atoms with Crippen molar-refractivity contribution in [3.05, 3.63) is 179 Å². The second kappa shape index (κ2) is 11.7. The molecular weight excluding hydrogens is 597 g/mol. The van der Waals surface area contributed by atoms with Gasteiger partial charge < -0.3 is 9.13 Å². The van der Waals surface area contributed by atoms with Gasteiger partial charge in [-0.1, -0.05) is 115 Å². The zero-order valence-corrected chi connectivity index (χ0v) is 26.9. The van der Waals surface area contributed by atoms with E-state index in [0.29, 0.717) is 24.1 Å². The monoisotopic (exact) mass is 628 g/mol. The van der Waals surface area contributed by atoms with E-state index in [1.165, 1.54) is 43.6 Å². The summed E-state index contributed by atoms with van der Waals surface area (Å²) >= 11 is 0. The van der Waals surface area contributed by atoms with Crippen LogP contribution in [0.3, 0.4) is 0 Å². The smallest absolute Gasteiger partial charge is 0.0994 e. The van der Waals surface area contributed by atoms with Crippen molar-refractivity contribution >= 4 is 43.6 Å². The molecule has 0 saturated heterocycles. The lowest BCUT2D eigenvalue weighted by Gasteiger charge is -2.26. The Bertz CT molecular complexity index is 2570. The van der Waals surface area contributed by atoms with Crippen LogP contribution in [0.5, 0.6) is 0 Å². The van der Waals surface area contributed by atoms with Gasteiger partial charge in [0.2, 0.25) is 0 Å². The van der Waals surface area contributed by atoms with Crippen molar-refractivity contribution in [2.75, 3.05) is 0 Å². The summed E-state index contributed by atoms with van der Waals surface area (Å²) in [6, 6.07) is 45.6. The average Bonchev–Trinajstić information content (AvgIpc) is 3.67. The van der Waals surface area contributed by atoms with Crippen LogP contribution in [0.2, 0.25) is 0 Å². The minimum atomic E-state index is -0.0320. The topological polar surface area (TPSA) is 57.4 Å². The Labute approximate surface area is 285 Å². The van der Waals surface area contributed by atoms with Crippen LogP contribution in [0, 0.1) is 22.7 Å². The summed E-state index contributed by atoms with van der Waals surface area (Å²) in [4.78, 5) is 0. The standard InChI is InChI=1S/C45H32N4/c46-27-32-21-20-31(26-40(32)30-22-24-35(25-23-30)49-43-18-7-3-14-38(43)39-15-4-8-19-44(39)49)45-33(28-47)10-9-11-34(45)29-48-41-16-5-1-12-36(41)37-13-2-6-17-42(37)48/h1-19,21-24,26,31,35H,20,25,29H2. The van der Waals surface area contributed by atoms with Gasteiger partial charge in [-0.05, 0) is 65.4 Å². The fourth-order valence-corrected chi connectivity index (χ4v) is 8.21. The van der Waals surface area contributed by atoms with Crippen LogP contribution in [0.25, 0.3) is 43.6 Å². The van der Waals surface area contributed by atoms with Crippen LogP contribution in [0.4, 0.5) is 0 Å². The van der Waals surface area contributed by atoms with Gasteiger partial charge in [0.1, 0.15) is 0 Å². The molecule has 232 valence electrons. The maximum absolute atomic E-state index is 10.4. The second-order valence-corrected chi connectivity index (χ2v) is 13.0. The molecule has 4 heteroatoms. The van der Waals surface area contributed by atoms with Crippen molar-refractivity contribution in [3.8, 4) is 12.1 Å². The molecule has 0 aliphatic heterocycles. The van der Waals surface area contributed by atoms with E-state index >= 15 is 0 Å². The number of rotatable bonds is 5. The summed E-state index contributed by atoms with van der Waals surface area (Å²) in [7, 11) is 0. The third-order valence-electron chi connectivity index (χ3n) is 10.4. The Morgan fingerprint density at radius 2 is 1.20 bits per heavy atom. The number of benzene rings is 5. The first-order chi connectivity index (χ1) is 24.2. The molecule has 4 nitrogen and oxygen atoms in total. The van der Waals surface area contributed by atoms with E-state index in [4.69, 9.17) is 0 Å². The Kier molecular flexibility index (Phi) is 6.89. The highest BCUT2D eigenvalue weighted by Crippen LogP contribution is 2.41. The quantitative estimate of drug-likeness (QED) is 0.190. The third-order valence-corrected chi connectivity index (χ3v) is 10.4. The Hall–Kier alpha value is -6.36. The number of fused-ring (bicyclic) bond motifs is 6. The summed E-state index contributed by atoms with van der Waals surface area (Å²) in [6.07, 6.45) is 12.5. The van der Waals surface area contributed by atoms with Crippen molar-refractivity contribution in [3.63, 3.8) is 0 Å². The summed E-state index contributed by atoms with van der Waals surface area (Å²) in [6.45, 7) is 0.649. The lowest BCUT2D eigenvalue weighted by atomic mass is 9.79. The number of hydrogen-bond acceptors (Lipinski definition) is 2. The fraction of sp³-hybridized carbons (Fsp3) is 0.111. The van der Waals surface area contributed by atoms with E-state index in [0.717, 1.165) is 28.7 Å². The average molecular weight is 629 g/mol. The van der Waals surface area contributed by atoms with Crippen molar-refractivity contribution in [2.45, 2.75) is 31.3 Å². The number of hydrogen-bond donors (Lipinski definition) is 0. The Balaban J connectivity index is 1.10. The van der Waals surface area contributed by atoms with Gasteiger partial charge >= 0.3 is 0 Å². The first kappa shape index (κ1) is 28.8. The lowest BCUT2D eigenvalue weighted by Crippen LogP contribution is -2.12. The molecule has 2 aromatic heterocycles. The number of allylic oxidation sites excluding steroid dienone is 8. The number of para-hydroxylation sites is 4. The maximum atomic E-state index is 10.4. The first-order valence-corrected chi connectivity index (χ1v) is 16.9. The van der Waals surface area contributed by atoms with Gasteiger partial charge in [-0.15, -0.1) is 0 Å². The second-order valence-electron chi connectivity index (χ2n) is 13.0. The molecule has 0 amide bonds. The molecule has 2 unspecified atom stereocenters. The molecule has 2 heterocycles. The van der Waals surface area contributed by atoms with Crippen LogP contribution < -0.4 is 0 Å². The molecule has 0 saturated carbocycles. The minimum Gasteiger partial charge on any atom is -0.336 e. The van der Waals surface area contributed by atoms with E-state index in [1.807, 2.05) is 12.1 Å². The van der Waals surface area contributed by atoms with Crippen molar-refractivity contribution in [1.29, 1.82) is 10.5 Å². The molecule has 7 aromatic rings. The molecule has 5 aromatic carbocycles. The third kappa shape index (κ3) is 4.65. The zero-order chi connectivity index (χ0) is 32.9. The van der Waals surface area contributed by atoms with Crippen molar-refractivity contribution < 1.29 is 0 Å². The maximum Gasteiger partial charge on any atom is 0.0994 e. The van der Waals surface area contributed by atoms with Gasteiger partial charge in [0.15, 0.2) is 0 Å². The molecule has 49 heavy (non-hydrogen) atoms. The predicted molar refractivity (Wildman–Crippen MR) is 199 cm³/mol. The molecule has 0 fully saturated rings. The van der Waals surface area contributed by atoms with Crippen LogP contribution in [0.1, 0.15) is 41.5 Å². The SMILES string of the molecule is N#CC1=CCC(c2c(C#N)cccc2Cn2c3ccccc3c3ccccc32)C=C1C1=CCC(n2c3ccccc3c3ccccc32)C=C1. The van der Waals surface area contributed by atoms with Gasteiger partial charge in [-0.25, -0.2) is 0 Å². The summed E-state index contributed by atoms with van der Waals surface area (Å²) in [5.74, 6) is -0.0320.